The van der Waals surface area contributed by atoms with Crippen LogP contribution in [0.25, 0.3) is 5.76 Å². The van der Waals surface area contributed by atoms with Crippen molar-refractivity contribution in [2.45, 2.75) is 26.0 Å². The predicted octanol–water partition coefficient (Wildman–Crippen LogP) is 4.30. The minimum Gasteiger partial charge on any atom is -0.507 e. The molecule has 0 saturated carbocycles. The lowest BCUT2D eigenvalue weighted by Crippen LogP contribution is -2.32. The second-order valence-corrected chi connectivity index (χ2v) is 8.15. The summed E-state index contributed by atoms with van der Waals surface area (Å²) in [5, 5.41) is 11.0. The van der Waals surface area contributed by atoms with Gasteiger partial charge in [-0.1, -0.05) is 28.1 Å². The summed E-state index contributed by atoms with van der Waals surface area (Å²) >= 11 is 3.44. The summed E-state index contributed by atoms with van der Waals surface area (Å²) in [6.45, 7) is 4.36. The molecular weight excluding hydrogens is 450 g/mol. The SMILES string of the molecule is COCCN1C(=O)C(=O)/C(=C(/O)c2ccc(OC(C)C)cc2)C1c1cccc(Br)c1. The van der Waals surface area contributed by atoms with Crippen molar-refractivity contribution in [3.63, 3.8) is 0 Å². The van der Waals surface area contributed by atoms with Crippen molar-refractivity contribution >= 4 is 33.4 Å². The number of likely N-dealkylation sites (tertiary alicyclic amines) is 1. The number of ether oxygens (including phenoxy) is 2. The van der Waals surface area contributed by atoms with Crippen molar-refractivity contribution in [2.75, 3.05) is 20.3 Å². The number of amides is 1. The average Bonchev–Trinajstić information content (AvgIpc) is 2.96. The van der Waals surface area contributed by atoms with Gasteiger partial charge < -0.3 is 19.5 Å². The van der Waals surface area contributed by atoms with Gasteiger partial charge in [-0.05, 0) is 55.8 Å². The standard InChI is InChI=1S/C23H24BrNO5/c1-14(2)30-18-9-7-15(8-10-18)21(26)19-20(16-5-4-6-17(24)13-16)25(11-12-29-3)23(28)22(19)27/h4-10,13-14,20,26H,11-12H2,1-3H3/b21-19+. The van der Waals surface area contributed by atoms with E-state index in [0.29, 0.717) is 11.3 Å². The predicted molar refractivity (Wildman–Crippen MR) is 117 cm³/mol. The number of methoxy groups -OCH3 is 1. The number of ketones is 1. The maximum Gasteiger partial charge on any atom is 0.295 e. The van der Waals surface area contributed by atoms with Gasteiger partial charge in [-0.3, -0.25) is 9.59 Å². The highest BCUT2D eigenvalue weighted by Crippen LogP contribution is 2.40. The van der Waals surface area contributed by atoms with E-state index in [1.165, 1.54) is 12.0 Å². The van der Waals surface area contributed by atoms with Crippen LogP contribution in [0.1, 0.15) is 31.0 Å². The van der Waals surface area contributed by atoms with Crippen LogP contribution in [0, 0.1) is 0 Å². The Kier molecular flexibility index (Phi) is 6.95. The first-order valence-corrected chi connectivity index (χ1v) is 10.4. The lowest BCUT2D eigenvalue weighted by molar-refractivity contribution is -0.140. The number of Topliss-reactive ketones (excluding diaryl/α,β-unsaturated/α-hetero) is 1. The molecule has 0 bridgehead atoms. The first-order valence-electron chi connectivity index (χ1n) is 9.63. The molecule has 1 aliphatic rings. The molecule has 1 amide bonds. The Labute approximate surface area is 184 Å². The van der Waals surface area contributed by atoms with Crippen LogP contribution in [0.2, 0.25) is 0 Å². The van der Waals surface area contributed by atoms with Gasteiger partial charge in [0.1, 0.15) is 11.5 Å². The van der Waals surface area contributed by atoms with E-state index in [9.17, 15) is 14.7 Å². The molecule has 2 aromatic rings. The number of aliphatic hydroxyl groups excluding tert-OH is 1. The van der Waals surface area contributed by atoms with E-state index in [4.69, 9.17) is 9.47 Å². The zero-order chi connectivity index (χ0) is 21.8. The van der Waals surface area contributed by atoms with E-state index in [2.05, 4.69) is 15.9 Å². The van der Waals surface area contributed by atoms with Crippen LogP contribution in [0.4, 0.5) is 0 Å². The highest BCUT2D eigenvalue weighted by atomic mass is 79.9. The third kappa shape index (κ3) is 4.57. The summed E-state index contributed by atoms with van der Waals surface area (Å²) in [5.41, 5.74) is 1.23. The molecule has 3 rings (SSSR count). The first kappa shape index (κ1) is 22.1. The van der Waals surface area contributed by atoms with Crippen molar-refractivity contribution in [1.29, 1.82) is 0 Å². The van der Waals surface area contributed by atoms with Crippen LogP contribution >= 0.6 is 15.9 Å². The fourth-order valence-corrected chi connectivity index (χ4v) is 3.86. The summed E-state index contributed by atoms with van der Waals surface area (Å²) in [6, 6.07) is 13.4. The number of carbonyl (C=O) groups excluding carboxylic acids is 2. The molecule has 1 N–H and O–H groups in total. The van der Waals surface area contributed by atoms with Crippen LogP contribution in [0.5, 0.6) is 5.75 Å². The van der Waals surface area contributed by atoms with Gasteiger partial charge >= 0.3 is 0 Å². The Morgan fingerprint density at radius 1 is 1.17 bits per heavy atom. The summed E-state index contributed by atoms with van der Waals surface area (Å²) < 4.78 is 11.6. The molecule has 0 radical (unpaired) electrons. The zero-order valence-electron chi connectivity index (χ0n) is 17.1. The van der Waals surface area contributed by atoms with Crippen molar-refractivity contribution in [2.24, 2.45) is 0 Å². The number of hydrogen-bond donors (Lipinski definition) is 1. The monoisotopic (exact) mass is 473 g/mol. The summed E-state index contributed by atoms with van der Waals surface area (Å²) in [6.07, 6.45) is 0.0204. The number of hydrogen-bond acceptors (Lipinski definition) is 5. The van der Waals surface area contributed by atoms with E-state index in [1.807, 2.05) is 38.1 Å². The van der Waals surface area contributed by atoms with Crippen molar-refractivity contribution < 1.29 is 24.2 Å². The Bertz CT molecular complexity index is 968. The maximum atomic E-state index is 12.9. The third-order valence-corrected chi connectivity index (χ3v) is 5.23. The molecular formula is C23H24BrNO5. The van der Waals surface area contributed by atoms with Gasteiger partial charge in [0.05, 0.1) is 24.3 Å². The Hall–Kier alpha value is -2.64. The van der Waals surface area contributed by atoms with Gasteiger partial charge in [-0.15, -0.1) is 0 Å². The van der Waals surface area contributed by atoms with Crippen molar-refractivity contribution in [1.82, 2.24) is 4.90 Å². The van der Waals surface area contributed by atoms with Gasteiger partial charge in [-0.25, -0.2) is 0 Å². The Balaban J connectivity index is 2.08. The van der Waals surface area contributed by atoms with E-state index in [1.54, 1.807) is 24.3 Å². The highest BCUT2D eigenvalue weighted by Gasteiger charge is 2.45. The molecule has 1 atom stereocenters. The molecule has 7 heteroatoms. The molecule has 0 aliphatic carbocycles. The number of benzene rings is 2. The number of carbonyl (C=O) groups is 2. The quantitative estimate of drug-likeness (QED) is 0.368. The number of nitrogens with zero attached hydrogens (tertiary/aromatic N) is 1. The second-order valence-electron chi connectivity index (χ2n) is 7.23. The average molecular weight is 474 g/mol. The minimum atomic E-state index is -0.712. The van der Waals surface area contributed by atoms with Crippen LogP contribution in [0.15, 0.2) is 58.6 Å². The zero-order valence-corrected chi connectivity index (χ0v) is 18.7. The molecule has 1 unspecified atom stereocenters. The Morgan fingerprint density at radius 2 is 1.87 bits per heavy atom. The molecule has 0 spiro atoms. The fraction of sp³-hybridized carbons (Fsp3) is 0.304. The third-order valence-electron chi connectivity index (χ3n) is 4.74. The molecule has 0 aromatic heterocycles. The van der Waals surface area contributed by atoms with E-state index in [-0.39, 0.29) is 30.6 Å². The smallest absolute Gasteiger partial charge is 0.295 e. The molecule has 30 heavy (non-hydrogen) atoms. The van der Waals surface area contributed by atoms with Gasteiger partial charge in [0, 0.05) is 23.7 Å². The van der Waals surface area contributed by atoms with Crippen molar-refractivity contribution in [3.05, 3.63) is 69.7 Å². The minimum absolute atomic E-state index is 0.0204. The normalized spacial score (nSPS) is 18.3. The van der Waals surface area contributed by atoms with Gasteiger partial charge in [0.25, 0.3) is 11.7 Å². The summed E-state index contributed by atoms with van der Waals surface area (Å²) in [5.74, 6) is -0.922. The Morgan fingerprint density at radius 3 is 2.47 bits per heavy atom. The number of aliphatic hydroxyl groups is 1. The second kappa shape index (κ2) is 9.45. The molecule has 1 saturated heterocycles. The largest absolute Gasteiger partial charge is 0.507 e. The van der Waals surface area contributed by atoms with E-state index < -0.39 is 17.7 Å². The number of rotatable bonds is 7. The molecule has 1 heterocycles. The van der Waals surface area contributed by atoms with Crippen LogP contribution in [-0.4, -0.2) is 48.1 Å². The first-order chi connectivity index (χ1) is 14.3. The topological polar surface area (TPSA) is 76.1 Å². The van der Waals surface area contributed by atoms with E-state index in [0.717, 1.165) is 10.0 Å². The molecule has 2 aromatic carbocycles. The summed E-state index contributed by atoms with van der Waals surface area (Å²) in [4.78, 5) is 27.1. The maximum absolute atomic E-state index is 12.9. The van der Waals surface area contributed by atoms with Gasteiger partial charge in [-0.2, -0.15) is 0 Å². The van der Waals surface area contributed by atoms with Crippen LogP contribution in [0.3, 0.4) is 0 Å². The van der Waals surface area contributed by atoms with Gasteiger partial charge in [0.2, 0.25) is 0 Å². The lowest BCUT2D eigenvalue weighted by Gasteiger charge is -2.25. The lowest BCUT2D eigenvalue weighted by atomic mass is 9.95. The number of halogens is 1. The van der Waals surface area contributed by atoms with Crippen molar-refractivity contribution in [3.8, 4) is 5.75 Å². The van der Waals surface area contributed by atoms with Gasteiger partial charge in [0.15, 0.2) is 0 Å². The fourth-order valence-electron chi connectivity index (χ4n) is 3.44. The molecule has 1 aliphatic heterocycles. The molecule has 1 fully saturated rings. The van der Waals surface area contributed by atoms with E-state index >= 15 is 0 Å². The highest BCUT2D eigenvalue weighted by molar-refractivity contribution is 9.10. The summed E-state index contributed by atoms with van der Waals surface area (Å²) in [7, 11) is 1.53. The molecule has 158 valence electrons. The van der Waals surface area contributed by atoms with Crippen LogP contribution < -0.4 is 4.74 Å². The van der Waals surface area contributed by atoms with Crippen LogP contribution in [-0.2, 0) is 14.3 Å². The molecule has 6 nitrogen and oxygen atoms in total.